The number of carbonyl (C=O) groups excluding carboxylic acids is 1. The summed E-state index contributed by atoms with van der Waals surface area (Å²) in [5.74, 6) is -2.43. The normalized spacial score (nSPS) is 14.8. The van der Waals surface area contributed by atoms with Crippen molar-refractivity contribution >= 4 is 17.7 Å². The monoisotopic (exact) mass is 519 g/mol. The van der Waals surface area contributed by atoms with Gasteiger partial charge in [-0.25, -0.2) is 22.5 Å². The molecule has 3 heterocycles. The highest BCUT2D eigenvalue weighted by Crippen LogP contribution is 2.47. The zero-order valence-corrected chi connectivity index (χ0v) is 20.1. The molecule has 1 fully saturated rings. The first kappa shape index (κ1) is 26.3. The van der Waals surface area contributed by atoms with Crippen molar-refractivity contribution in [3.8, 4) is 11.4 Å². The number of ether oxygens (including phenoxy) is 1. The highest BCUT2D eigenvalue weighted by molar-refractivity contribution is 5.76. The number of imidazole rings is 1. The summed E-state index contributed by atoms with van der Waals surface area (Å²) in [6, 6.07) is 8.99. The van der Waals surface area contributed by atoms with E-state index in [1.807, 2.05) is 42.6 Å². The summed E-state index contributed by atoms with van der Waals surface area (Å²) in [7, 11) is 0. The van der Waals surface area contributed by atoms with Crippen LogP contribution in [0.1, 0.15) is 41.5 Å². The molecule has 1 aliphatic carbocycles. The fourth-order valence-corrected chi connectivity index (χ4v) is 3.83. The van der Waals surface area contributed by atoms with Crippen LogP contribution in [0.15, 0.2) is 47.2 Å². The Morgan fingerprint density at radius 2 is 2.03 bits per heavy atom. The molecule has 0 unspecified atom stereocenters. The number of aromatic nitrogens is 4. The lowest BCUT2D eigenvalue weighted by molar-refractivity contribution is -0.105. The van der Waals surface area contributed by atoms with E-state index >= 15 is 0 Å². The smallest absolute Gasteiger partial charge is 0.261 e. The molecule has 1 aromatic carbocycles. The molecule has 0 radical (unpaired) electrons. The molecule has 8 nitrogen and oxygen atoms in total. The van der Waals surface area contributed by atoms with Crippen molar-refractivity contribution in [1.29, 1.82) is 0 Å². The van der Waals surface area contributed by atoms with E-state index < -0.39 is 19.0 Å². The minimum atomic E-state index is -2.62. The number of pyridine rings is 1. The Balaban J connectivity index is 0.000000180. The Morgan fingerprint density at radius 1 is 1.24 bits per heavy atom. The van der Waals surface area contributed by atoms with Crippen LogP contribution in [-0.4, -0.2) is 44.9 Å². The number of fused-ring (bicyclic) bond motifs is 1. The van der Waals surface area contributed by atoms with E-state index in [4.69, 9.17) is 9.26 Å². The number of nitrogens with one attached hydrogen (secondary N) is 1. The van der Waals surface area contributed by atoms with Gasteiger partial charge in [0.2, 0.25) is 24.0 Å². The van der Waals surface area contributed by atoms with Crippen LogP contribution >= 0.6 is 0 Å². The molecule has 1 aliphatic rings. The topological polar surface area (TPSA) is 94.6 Å². The average Bonchev–Trinajstić information content (AvgIpc) is 3.47. The molecule has 1 N–H and O–H groups in total. The average molecular weight is 519 g/mol. The second-order valence-electron chi connectivity index (χ2n) is 8.78. The number of hydrogen-bond acceptors (Lipinski definition) is 6. The number of aryl methyl sites for hydroxylation is 2. The standard InChI is InChI=1S/C14H13F2N3O2.C11H12F2N2O/c1-8-2-3-9(4-11(8)17-7-20)12-18-13(21-19-12)10-5-14(15,16)6-10;1-8-4-14-11-3-2-9(5-15(8)11)6-16-7-10(12)13/h2-4,7,10H,5-6H2,1H3,(H,17,20);2-5,10H,6-7H2,1H3. The maximum Gasteiger partial charge on any atom is 0.261 e. The van der Waals surface area contributed by atoms with Gasteiger partial charge in [0.05, 0.1) is 6.61 Å². The van der Waals surface area contributed by atoms with Crippen molar-refractivity contribution in [1.82, 2.24) is 19.5 Å². The highest BCUT2D eigenvalue weighted by atomic mass is 19.3. The van der Waals surface area contributed by atoms with Gasteiger partial charge in [-0.2, -0.15) is 4.98 Å². The minimum absolute atomic E-state index is 0.192. The Kier molecular flexibility index (Phi) is 7.86. The summed E-state index contributed by atoms with van der Waals surface area (Å²) in [4.78, 5) is 18.9. The van der Waals surface area contributed by atoms with Gasteiger partial charge in [0.1, 0.15) is 12.3 Å². The van der Waals surface area contributed by atoms with E-state index in [-0.39, 0.29) is 31.3 Å². The van der Waals surface area contributed by atoms with Crippen molar-refractivity contribution in [3.05, 3.63) is 65.4 Å². The summed E-state index contributed by atoms with van der Waals surface area (Å²) < 4.78 is 61.3. The summed E-state index contributed by atoms with van der Waals surface area (Å²) in [6.07, 6.45) is 1.28. The van der Waals surface area contributed by atoms with Crippen LogP contribution < -0.4 is 5.32 Å². The number of anilines is 1. The second-order valence-corrected chi connectivity index (χ2v) is 8.78. The Labute approximate surface area is 209 Å². The third-order valence-corrected chi connectivity index (χ3v) is 5.86. The summed E-state index contributed by atoms with van der Waals surface area (Å²) >= 11 is 0. The van der Waals surface area contributed by atoms with Gasteiger partial charge in [-0.1, -0.05) is 23.4 Å². The van der Waals surface area contributed by atoms with Gasteiger partial charge < -0.3 is 19.0 Å². The number of halogens is 4. The number of rotatable bonds is 8. The van der Waals surface area contributed by atoms with E-state index in [1.165, 1.54) is 0 Å². The van der Waals surface area contributed by atoms with Gasteiger partial charge >= 0.3 is 0 Å². The van der Waals surface area contributed by atoms with Crippen LogP contribution in [0.2, 0.25) is 0 Å². The van der Waals surface area contributed by atoms with Gasteiger partial charge in [-0.15, -0.1) is 0 Å². The number of hydrogen-bond donors (Lipinski definition) is 1. The first-order valence-electron chi connectivity index (χ1n) is 11.5. The van der Waals surface area contributed by atoms with Crippen LogP contribution in [0.5, 0.6) is 0 Å². The molecule has 4 aromatic rings. The van der Waals surface area contributed by atoms with Gasteiger partial charge in [-0.05, 0) is 37.1 Å². The third kappa shape index (κ3) is 6.50. The molecule has 0 bridgehead atoms. The van der Waals surface area contributed by atoms with Crippen LogP contribution in [0.25, 0.3) is 17.0 Å². The van der Waals surface area contributed by atoms with Gasteiger partial charge in [0, 0.05) is 48.1 Å². The molecular weight excluding hydrogens is 494 g/mol. The summed E-state index contributed by atoms with van der Waals surface area (Å²) in [6.45, 7) is 3.45. The number of amides is 1. The fourth-order valence-electron chi connectivity index (χ4n) is 3.83. The number of nitrogens with zero attached hydrogens (tertiary/aromatic N) is 4. The first-order chi connectivity index (χ1) is 17.6. The Bertz CT molecular complexity index is 1360. The lowest BCUT2D eigenvalue weighted by Gasteiger charge is -2.31. The molecule has 0 saturated heterocycles. The van der Waals surface area contributed by atoms with Gasteiger partial charge in [0.15, 0.2) is 0 Å². The Hall–Kier alpha value is -3.80. The molecule has 37 heavy (non-hydrogen) atoms. The summed E-state index contributed by atoms with van der Waals surface area (Å²) in [5, 5.41) is 6.40. The molecule has 196 valence electrons. The van der Waals surface area contributed by atoms with Crippen molar-refractivity contribution in [2.24, 2.45) is 0 Å². The SMILES string of the molecule is Cc1ccc(-c2noc(C3CC(F)(F)C3)n2)cc1NC=O.Cc1cnc2ccc(COCC(F)F)cn12. The second kappa shape index (κ2) is 11.1. The predicted molar refractivity (Wildman–Crippen MR) is 127 cm³/mol. The zero-order chi connectivity index (χ0) is 26.6. The lowest BCUT2D eigenvalue weighted by atomic mass is 9.81. The molecule has 1 saturated carbocycles. The van der Waals surface area contributed by atoms with Crippen molar-refractivity contribution < 1.29 is 31.6 Å². The molecule has 5 rings (SSSR count). The molecule has 1 amide bonds. The Morgan fingerprint density at radius 3 is 2.73 bits per heavy atom. The predicted octanol–water partition coefficient (Wildman–Crippen LogP) is 5.55. The maximum atomic E-state index is 12.9. The van der Waals surface area contributed by atoms with Crippen molar-refractivity contribution in [3.63, 3.8) is 0 Å². The molecule has 0 aliphatic heterocycles. The first-order valence-corrected chi connectivity index (χ1v) is 11.5. The van der Waals surface area contributed by atoms with E-state index in [2.05, 4.69) is 20.4 Å². The number of alkyl halides is 4. The van der Waals surface area contributed by atoms with E-state index in [0.717, 1.165) is 22.5 Å². The zero-order valence-electron chi connectivity index (χ0n) is 20.1. The fraction of sp³-hybridized carbons (Fsp3) is 0.360. The van der Waals surface area contributed by atoms with E-state index in [1.54, 1.807) is 18.3 Å². The molecular formula is C25H25F4N5O3. The quantitative estimate of drug-likeness (QED) is 0.242. The van der Waals surface area contributed by atoms with Crippen LogP contribution in [0.3, 0.4) is 0 Å². The largest absolute Gasteiger partial charge is 0.371 e. The summed E-state index contributed by atoms with van der Waals surface area (Å²) in [5.41, 5.74) is 4.90. The van der Waals surface area contributed by atoms with Gasteiger partial charge in [0.25, 0.3) is 6.43 Å². The molecule has 0 spiro atoms. The van der Waals surface area contributed by atoms with Crippen LogP contribution in [0, 0.1) is 13.8 Å². The van der Waals surface area contributed by atoms with E-state index in [0.29, 0.717) is 23.5 Å². The minimum Gasteiger partial charge on any atom is -0.371 e. The third-order valence-electron chi connectivity index (χ3n) is 5.86. The molecule has 3 aromatic heterocycles. The van der Waals surface area contributed by atoms with Crippen molar-refractivity contribution in [2.75, 3.05) is 11.9 Å². The number of carbonyl (C=O) groups is 1. The van der Waals surface area contributed by atoms with Crippen LogP contribution in [-0.2, 0) is 16.1 Å². The van der Waals surface area contributed by atoms with Crippen molar-refractivity contribution in [2.45, 2.75) is 51.6 Å². The van der Waals surface area contributed by atoms with Crippen LogP contribution in [0.4, 0.5) is 23.2 Å². The lowest BCUT2D eigenvalue weighted by Crippen LogP contribution is -2.33. The highest BCUT2D eigenvalue weighted by Gasteiger charge is 2.48. The molecule has 12 heteroatoms. The van der Waals surface area contributed by atoms with E-state index in [9.17, 15) is 22.4 Å². The number of benzene rings is 1. The maximum absolute atomic E-state index is 12.9. The molecule has 0 atom stereocenters. The van der Waals surface area contributed by atoms with Gasteiger partial charge in [-0.3, -0.25) is 4.79 Å².